The van der Waals surface area contributed by atoms with Crippen molar-refractivity contribution in [3.8, 4) is 0 Å². The van der Waals surface area contributed by atoms with Gasteiger partial charge in [-0.25, -0.2) is 8.78 Å². The van der Waals surface area contributed by atoms with Crippen LogP contribution in [0.15, 0.2) is 72.8 Å². The molecule has 0 fully saturated rings. The van der Waals surface area contributed by atoms with Crippen LogP contribution in [0.2, 0.25) is 0 Å². The van der Waals surface area contributed by atoms with Gasteiger partial charge in [0, 0.05) is 10.6 Å². The van der Waals surface area contributed by atoms with Crippen molar-refractivity contribution in [1.82, 2.24) is 0 Å². The molecule has 0 saturated carbocycles. The summed E-state index contributed by atoms with van der Waals surface area (Å²) in [5, 5.41) is 3.50. The Hall–Kier alpha value is -1.62. The molecular formula is C18H14F2P2. The minimum Gasteiger partial charge on any atom is -0.206 e. The van der Waals surface area contributed by atoms with Crippen molar-refractivity contribution in [2.24, 2.45) is 0 Å². The Labute approximate surface area is 132 Å². The topological polar surface area (TPSA) is 0 Å². The molecule has 0 N–H and O–H groups in total. The summed E-state index contributed by atoms with van der Waals surface area (Å²) in [4.78, 5) is 0. The zero-order valence-corrected chi connectivity index (χ0v) is 13.7. The quantitative estimate of drug-likeness (QED) is 0.645. The summed E-state index contributed by atoms with van der Waals surface area (Å²) >= 11 is 0. The highest BCUT2D eigenvalue weighted by Gasteiger charge is 2.09. The molecule has 0 amide bonds. The summed E-state index contributed by atoms with van der Waals surface area (Å²) < 4.78 is 27.7. The largest absolute Gasteiger partial charge is 0.206 e. The van der Waals surface area contributed by atoms with Gasteiger partial charge < -0.3 is 0 Å². The van der Waals surface area contributed by atoms with Crippen molar-refractivity contribution in [2.45, 2.75) is 0 Å². The molecule has 3 rings (SSSR count). The third-order valence-corrected chi connectivity index (χ3v) is 6.22. The molecule has 0 aliphatic rings. The molecule has 0 radical (unpaired) electrons. The van der Waals surface area contributed by atoms with Crippen LogP contribution in [0.3, 0.4) is 0 Å². The zero-order chi connectivity index (χ0) is 15.4. The first kappa shape index (κ1) is 15.3. The molecule has 3 aromatic carbocycles. The first-order valence-corrected chi connectivity index (χ1v) is 8.86. The molecule has 0 saturated heterocycles. The van der Waals surface area contributed by atoms with Gasteiger partial charge in [0.05, 0.1) is 0 Å². The Morgan fingerprint density at radius 2 is 0.773 bits per heavy atom. The van der Waals surface area contributed by atoms with Crippen LogP contribution < -0.4 is 21.2 Å². The fourth-order valence-electron chi connectivity index (χ4n) is 2.12. The standard InChI is InChI=1S/C18H14F2P2/c19-13-7-1-3-9-15(13)21-17-11-5-6-12-18(17)22-16-10-4-2-8-14(16)20/h1-12,21-22H. The van der Waals surface area contributed by atoms with Gasteiger partial charge in [0.15, 0.2) is 0 Å². The lowest BCUT2D eigenvalue weighted by molar-refractivity contribution is 0.636. The smallest absolute Gasteiger partial charge is 0.130 e. The maximum atomic E-state index is 13.8. The molecular weight excluding hydrogens is 316 g/mol. The van der Waals surface area contributed by atoms with E-state index in [0.717, 1.165) is 10.6 Å². The molecule has 2 unspecified atom stereocenters. The van der Waals surface area contributed by atoms with Crippen LogP contribution in [0.4, 0.5) is 8.78 Å². The van der Waals surface area contributed by atoms with Crippen molar-refractivity contribution in [1.29, 1.82) is 0 Å². The third-order valence-electron chi connectivity index (χ3n) is 3.21. The van der Waals surface area contributed by atoms with Crippen LogP contribution in [-0.2, 0) is 0 Å². The summed E-state index contributed by atoms with van der Waals surface area (Å²) in [5.41, 5.74) is 0. The summed E-state index contributed by atoms with van der Waals surface area (Å²) in [6.07, 6.45) is 0. The Balaban J connectivity index is 1.91. The van der Waals surface area contributed by atoms with Crippen molar-refractivity contribution in [2.75, 3.05) is 0 Å². The lowest BCUT2D eigenvalue weighted by atomic mass is 10.3. The number of benzene rings is 3. The van der Waals surface area contributed by atoms with Crippen LogP contribution >= 0.6 is 17.2 Å². The first-order valence-electron chi connectivity index (χ1n) is 6.86. The summed E-state index contributed by atoms with van der Waals surface area (Å²) in [6, 6.07) is 21.5. The Kier molecular flexibility index (Phi) is 4.93. The first-order chi connectivity index (χ1) is 10.7. The molecule has 4 heteroatoms. The molecule has 0 spiro atoms. The van der Waals surface area contributed by atoms with Crippen molar-refractivity contribution >= 4 is 38.4 Å². The van der Waals surface area contributed by atoms with E-state index >= 15 is 0 Å². The molecule has 0 heterocycles. The van der Waals surface area contributed by atoms with Gasteiger partial charge in [-0.1, -0.05) is 77.8 Å². The van der Waals surface area contributed by atoms with Crippen LogP contribution in [0.5, 0.6) is 0 Å². The van der Waals surface area contributed by atoms with Crippen molar-refractivity contribution in [3.05, 3.63) is 84.4 Å². The molecule has 110 valence electrons. The normalized spacial score (nSPS) is 11.7. The van der Waals surface area contributed by atoms with Crippen molar-refractivity contribution in [3.63, 3.8) is 0 Å². The van der Waals surface area contributed by atoms with Crippen LogP contribution in [0.25, 0.3) is 0 Å². The molecule has 0 aliphatic carbocycles. The fourth-order valence-corrected chi connectivity index (χ4v) is 4.63. The van der Waals surface area contributed by atoms with E-state index in [0.29, 0.717) is 10.6 Å². The lowest BCUT2D eigenvalue weighted by Gasteiger charge is -2.11. The highest BCUT2D eigenvalue weighted by molar-refractivity contribution is 7.62. The molecule has 22 heavy (non-hydrogen) atoms. The summed E-state index contributed by atoms with van der Waals surface area (Å²) in [6.45, 7) is 0. The van der Waals surface area contributed by atoms with Gasteiger partial charge in [-0.2, -0.15) is 0 Å². The second kappa shape index (κ2) is 7.09. The molecule has 3 aromatic rings. The average Bonchev–Trinajstić information content (AvgIpc) is 2.53. The highest BCUT2D eigenvalue weighted by Crippen LogP contribution is 2.18. The highest BCUT2D eigenvalue weighted by atomic mass is 31.1. The zero-order valence-electron chi connectivity index (χ0n) is 11.7. The van der Waals surface area contributed by atoms with Gasteiger partial charge in [-0.15, -0.1) is 0 Å². The predicted molar refractivity (Wildman–Crippen MR) is 94.4 cm³/mol. The fraction of sp³-hybridized carbons (Fsp3) is 0. The van der Waals surface area contributed by atoms with Crippen LogP contribution in [0.1, 0.15) is 0 Å². The predicted octanol–water partition coefficient (Wildman–Crippen LogP) is 3.22. The van der Waals surface area contributed by atoms with Gasteiger partial charge in [-0.3, -0.25) is 0 Å². The van der Waals surface area contributed by atoms with E-state index in [1.165, 1.54) is 12.1 Å². The van der Waals surface area contributed by atoms with E-state index in [4.69, 9.17) is 0 Å². The number of hydrogen-bond donors (Lipinski definition) is 0. The van der Waals surface area contributed by atoms with E-state index in [9.17, 15) is 8.78 Å². The SMILES string of the molecule is Fc1ccccc1Pc1ccccc1Pc1ccccc1F. The minimum absolute atomic E-state index is 0.190. The van der Waals surface area contributed by atoms with Gasteiger partial charge in [0.1, 0.15) is 11.6 Å². The summed E-state index contributed by atoms with van der Waals surface area (Å²) in [5.74, 6) is -0.380. The number of rotatable bonds is 4. The Bertz CT molecular complexity index is 721. The monoisotopic (exact) mass is 330 g/mol. The summed E-state index contributed by atoms with van der Waals surface area (Å²) in [7, 11) is 0.465. The average molecular weight is 330 g/mol. The number of halogens is 2. The Morgan fingerprint density at radius 3 is 1.14 bits per heavy atom. The molecule has 0 aliphatic heterocycles. The molecule has 0 bridgehead atoms. The minimum atomic E-state index is -0.190. The van der Waals surface area contributed by atoms with Gasteiger partial charge in [-0.05, 0) is 22.7 Å². The Morgan fingerprint density at radius 1 is 0.455 bits per heavy atom. The maximum Gasteiger partial charge on any atom is 0.130 e. The van der Waals surface area contributed by atoms with Crippen LogP contribution in [0, 0.1) is 11.6 Å². The van der Waals surface area contributed by atoms with E-state index < -0.39 is 0 Å². The molecule has 0 nitrogen and oxygen atoms in total. The molecule has 0 aromatic heterocycles. The van der Waals surface area contributed by atoms with Gasteiger partial charge in [0.2, 0.25) is 0 Å². The third kappa shape index (κ3) is 3.58. The van der Waals surface area contributed by atoms with Crippen molar-refractivity contribution < 1.29 is 8.78 Å². The van der Waals surface area contributed by atoms with E-state index in [2.05, 4.69) is 0 Å². The van der Waals surface area contributed by atoms with E-state index in [1.807, 2.05) is 36.4 Å². The second-order valence-corrected chi connectivity index (χ2v) is 7.41. The van der Waals surface area contributed by atoms with E-state index in [-0.39, 0.29) is 28.8 Å². The van der Waals surface area contributed by atoms with Gasteiger partial charge in [0.25, 0.3) is 0 Å². The van der Waals surface area contributed by atoms with E-state index in [1.54, 1.807) is 24.3 Å². The lowest BCUT2D eigenvalue weighted by Crippen LogP contribution is -2.21. The van der Waals surface area contributed by atoms with Gasteiger partial charge >= 0.3 is 0 Å². The maximum absolute atomic E-state index is 13.8. The number of hydrogen-bond acceptors (Lipinski definition) is 0. The van der Waals surface area contributed by atoms with Crippen LogP contribution in [-0.4, -0.2) is 0 Å². The second-order valence-electron chi connectivity index (χ2n) is 4.76. The molecule has 2 atom stereocenters.